The highest BCUT2D eigenvalue weighted by Gasteiger charge is 2.36. The Labute approximate surface area is 214 Å². The number of rotatable bonds is 5. The summed E-state index contributed by atoms with van der Waals surface area (Å²) >= 11 is 0. The molecule has 0 aliphatic carbocycles. The Balaban J connectivity index is 1.36. The van der Waals surface area contributed by atoms with E-state index in [9.17, 15) is 21.6 Å². The van der Waals surface area contributed by atoms with Crippen molar-refractivity contribution in [2.75, 3.05) is 19.6 Å². The highest BCUT2D eigenvalue weighted by Crippen LogP contribution is 2.45. The zero-order chi connectivity index (χ0) is 25.9. The van der Waals surface area contributed by atoms with E-state index in [1.807, 2.05) is 18.2 Å². The molecule has 3 aliphatic heterocycles. The van der Waals surface area contributed by atoms with Crippen molar-refractivity contribution < 1.29 is 35.3 Å². The van der Waals surface area contributed by atoms with Crippen molar-refractivity contribution in [3.63, 3.8) is 0 Å². The monoisotopic (exact) mass is 541 g/mol. The van der Waals surface area contributed by atoms with Crippen LogP contribution in [0.15, 0.2) is 58.3 Å². The van der Waals surface area contributed by atoms with Crippen LogP contribution in [0.1, 0.15) is 38.7 Å². The first-order valence-corrected chi connectivity index (χ1v) is 14.9. The maximum Gasteiger partial charge on any atom is 0.339 e. The molecule has 0 bridgehead atoms. The topological polar surface area (TPSA) is 116 Å². The van der Waals surface area contributed by atoms with Crippen LogP contribution >= 0.6 is 0 Å². The molecule has 0 spiro atoms. The van der Waals surface area contributed by atoms with Gasteiger partial charge in [-0.2, -0.15) is 8.42 Å². The van der Waals surface area contributed by atoms with Crippen molar-refractivity contribution in [1.29, 1.82) is 0 Å². The fraction of sp³-hybridized carbons (Fsp3) is 0.269. The fourth-order valence-electron chi connectivity index (χ4n) is 5.24. The molecule has 0 N–H and O–H groups in total. The largest absolute Gasteiger partial charge is 0.454 e. The van der Waals surface area contributed by atoms with Gasteiger partial charge in [0.2, 0.25) is 6.79 Å². The molecular weight excluding hydrogens is 518 g/mol. The third-order valence-electron chi connectivity index (χ3n) is 7.13. The molecule has 192 valence electrons. The number of ether oxygens (including phenoxy) is 2. The van der Waals surface area contributed by atoms with E-state index in [2.05, 4.69) is 4.90 Å². The van der Waals surface area contributed by atoms with Gasteiger partial charge in [0.25, 0.3) is 0 Å². The quantitative estimate of drug-likeness (QED) is 0.355. The predicted molar refractivity (Wildman–Crippen MR) is 132 cm³/mol. The number of carbonyl (C=O) groups is 1. The van der Waals surface area contributed by atoms with E-state index >= 15 is 0 Å². The Morgan fingerprint density at radius 2 is 1.65 bits per heavy atom. The van der Waals surface area contributed by atoms with E-state index in [1.165, 1.54) is 29.8 Å². The Hall–Kier alpha value is -3.41. The average molecular weight is 542 g/mol. The number of aldehydes is 1. The first-order chi connectivity index (χ1) is 17.6. The average Bonchev–Trinajstić information content (AvgIpc) is 3.33. The molecule has 11 heteroatoms. The van der Waals surface area contributed by atoms with Crippen LogP contribution in [0.25, 0.3) is 0 Å². The highest BCUT2D eigenvalue weighted by atomic mass is 32.2. The summed E-state index contributed by atoms with van der Waals surface area (Å²) in [6.45, 7) is 1.37. The standard InChI is InChI=1S/C26H23NO8S2/c1-36(29,30)19-4-6-20(7-5-19)37(31,32)35-26-18(14-28)3-2-16-10-23-21-12-25-24(33-15-34-25)11-17(21)8-9-27(23)13-22(16)26/h2-7,11-12,14,23H,8-10,13,15H2,1H3. The van der Waals surface area contributed by atoms with Gasteiger partial charge in [-0.05, 0) is 72.0 Å². The molecule has 1 unspecified atom stereocenters. The van der Waals surface area contributed by atoms with Crippen molar-refractivity contribution in [3.05, 3.63) is 76.3 Å². The minimum atomic E-state index is -4.33. The van der Waals surface area contributed by atoms with Crippen molar-refractivity contribution in [3.8, 4) is 17.2 Å². The van der Waals surface area contributed by atoms with Gasteiger partial charge in [0.15, 0.2) is 33.4 Å². The molecule has 0 saturated heterocycles. The zero-order valence-corrected chi connectivity index (χ0v) is 21.5. The van der Waals surface area contributed by atoms with Crippen molar-refractivity contribution in [1.82, 2.24) is 4.90 Å². The van der Waals surface area contributed by atoms with Crippen LogP contribution in [0, 0.1) is 0 Å². The van der Waals surface area contributed by atoms with Gasteiger partial charge in [-0.1, -0.05) is 6.07 Å². The number of nitrogens with zero attached hydrogens (tertiary/aromatic N) is 1. The fourth-order valence-corrected chi connectivity index (χ4v) is 6.85. The summed E-state index contributed by atoms with van der Waals surface area (Å²) < 4.78 is 66.5. The summed E-state index contributed by atoms with van der Waals surface area (Å²) in [7, 11) is -7.81. The Morgan fingerprint density at radius 1 is 0.946 bits per heavy atom. The lowest BCUT2D eigenvalue weighted by Crippen LogP contribution is -2.39. The Bertz CT molecular complexity index is 1650. The second-order valence-electron chi connectivity index (χ2n) is 9.37. The van der Waals surface area contributed by atoms with Crippen LogP contribution in [0.3, 0.4) is 0 Å². The molecule has 1 atom stereocenters. The lowest BCUT2D eigenvalue weighted by Gasteiger charge is -2.42. The van der Waals surface area contributed by atoms with Crippen molar-refractivity contribution in [2.24, 2.45) is 0 Å². The molecule has 6 rings (SSSR count). The normalized spacial score (nSPS) is 18.5. The number of fused-ring (bicyclic) bond motifs is 5. The summed E-state index contributed by atoms with van der Waals surface area (Å²) in [5, 5.41) is 0. The van der Waals surface area contributed by atoms with Crippen LogP contribution < -0.4 is 13.7 Å². The van der Waals surface area contributed by atoms with E-state index in [-0.39, 0.29) is 33.9 Å². The molecule has 0 aromatic heterocycles. The van der Waals surface area contributed by atoms with E-state index in [0.717, 1.165) is 41.8 Å². The third kappa shape index (κ3) is 4.16. The minimum absolute atomic E-state index is 0.00357. The van der Waals surface area contributed by atoms with E-state index in [0.29, 0.717) is 24.8 Å². The smallest absolute Gasteiger partial charge is 0.339 e. The van der Waals surface area contributed by atoms with Crippen LogP contribution in [-0.4, -0.2) is 47.6 Å². The van der Waals surface area contributed by atoms with Gasteiger partial charge in [0.1, 0.15) is 4.90 Å². The van der Waals surface area contributed by atoms with Gasteiger partial charge in [0.05, 0.1) is 10.5 Å². The maximum atomic E-state index is 13.1. The molecular formula is C26H23NO8S2. The molecule has 3 aromatic rings. The summed E-state index contributed by atoms with van der Waals surface area (Å²) in [6, 6.07) is 12.4. The maximum absolute atomic E-state index is 13.1. The molecule has 3 aromatic carbocycles. The first kappa shape index (κ1) is 24.0. The van der Waals surface area contributed by atoms with E-state index in [1.54, 1.807) is 6.07 Å². The molecule has 0 saturated carbocycles. The molecule has 9 nitrogen and oxygen atoms in total. The SMILES string of the molecule is CS(=O)(=O)c1ccc(S(=O)(=O)Oc2c(C=O)ccc3c2CN2CCc4cc5c(cc4C2C3)OCO5)cc1. The highest BCUT2D eigenvalue weighted by molar-refractivity contribution is 7.90. The van der Waals surface area contributed by atoms with Gasteiger partial charge < -0.3 is 13.7 Å². The van der Waals surface area contributed by atoms with Crippen molar-refractivity contribution in [2.45, 2.75) is 35.2 Å². The minimum Gasteiger partial charge on any atom is -0.454 e. The Kier molecular flexibility index (Phi) is 5.55. The molecule has 37 heavy (non-hydrogen) atoms. The summed E-state index contributed by atoms with van der Waals surface area (Å²) in [4.78, 5) is 13.9. The molecule has 0 fully saturated rings. The number of benzene rings is 3. The molecule has 0 amide bonds. The lowest BCUT2D eigenvalue weighted by molar-refractivity contribution is 0.112. The van der Waals surface area contributed by atoms with Gasteiger partial charge in [-0.25, -0.2) is 8.42 Å². The summed E-state index contributed by atoms with van der Waals surface area (Å²) in [5.74, 6) is 1.49. The van der Waals surface area contributed by atoms with Crippen LogP contribution in [0.5, 0.6) is 17.2 Å². The molecule has 0 radical (unpaired) electrons. The second-order valence-corrected chi connectivity index (χ2v) is 12.9. The molecule has 3 aliphatic rings. The predicted octanol–water partition coefficient (Wildman–Crippen LogP) is 3.05. The van der Waals surface area contributed by atoms with Crippen molar-refractivity contribution >= 4 is 26.2 Å². The number of carbonyl (C=O) groups excluding carboxylic acids is 1. The van der Waals surface area contributed by atoms with Crippen LogP contribution in [0.2, 0.25) is 0 Å². The van der Waals surface area contributed by atoms with Gasteiger partial charge in [-0.15, -0.1) is 0 Å². The van der Waals surface area contributed by atoms with Crippen LogP contribution in [0.4, 0.5) is 0 Å². The van der Waals surface area contributed by atoms with Gasteiger partial charge in [-0.3, -0.25) is 9.69 Å². The first-order valence-electron chi connectivity index (χ1n) is 11.6. The summed E-state index contributed by atoms with van der Waals surface area (Å²) in [5.41, 5.74) is 4.04. The van der Waals surface area contributed by atoms with E-state index in [4.69, 9.17) is 13.7 Å². The number of hydrogen-bond donors (Lipinski definition) is 0. The van der Waals surface area contributed by atoms with Gasteiger partial charge >= 0.3 is 10.1 Å². The third-order valence-corrected chi connectivity index (χ3v) is 9.49. The second kappa shape index (κ2) is 8.57. The molecule has 3 heterocycles. The van der Waals surface area contributed by atoms with Crippen LogP contribution in [-0.2, 0) is 39.3 Å². The zero-order valence-electron chi connectivity index (χ0n) is 19.8. The Morgan fingerprint density at radius 3 is 2.35 bits per heavy atom. The van der Waals surface area contributed by atoms with E-state index < -0.39 is 20.0 Å². The number of hydrogen-bond acceptors (Lipinski definition) is 9. The summed E-state index contributed by atoms with van der Waals surface area (Å²) in [6.07, 6.45) is 3.03. The lowest BCUT2D eigenvalue weighted by atomic mass is 9.83. The number of sulfone groups is 1. The van der Waals surface area contributed by atoms with Gasteiger partial charge in [0, 0.05) is 31.0 Å².